The van der Waals surface area contributed by atoms with Crippen LogP contribution in [0.15, 0.2) is 28.5 Å². The number of ether oxygens (including phenoxy) is 2. The van der Waals surface area contributed by atoms with Gasteiger partial charge in [0.05, 0.1) is 13.0 Å². The number of hydrogen-bond donors (Lipinski definition) is 2. The molecule has 0 saturated carbocycles. The van der Waals surface area contributed by atoms with Crippen LogP contribution in [0.3, 0.4) is 0 Å². The van der Waals surface area contributed by atoms with Gasteiger partial charge in [0.2, 0.25) is 5.91 Å². The first-order valence-electron chi connectivity index (χ1n) is 7.72. The fourth-order valence-corrected chi connectivity index (χ4v) is 5.08. The summed E-state index contributed by atoms with van der Waals surface area (Å²) in [4.78, 5) is 38.9. The number of carbonyl (C=O) groups is 3. The van der Waals surface area contributed by atoms with Gasteiger partial charge in [-0.1, -0.05) is 6.07 Å². The number of thiophene rings is 1. The molecule has 26 heavy (non-hydrogen) atoms. The molecule has 140 valence electrons. The van der Waals surface area contributed by atoms with Crippen LogP contribution in [0.2, 0.25) is 0 Å². The average Bonchev–Trinajstić information content (AvgIpc) is 3.11. The van der Waals surface area contributed by atoms with E-state index in [9.17, 15) is 19.5 Å². The lowest BCUT2D eigenvalue weighted by molar-refractivity contribution is -0.201. The largest absolute Gasteiger partial charge is 0.479 e. The predicted octanol–water partition coefficient (Wildman–Crippen LogP) is 0.648. The molecule has 2 unspecified atom stereocenters. The van der Waals surface area contributed by atoms with Crippen LogP contribution in [0.1, 0.15) is 4.88 Å². The molecule has 3 rings (SSSR count). The average molecular weight is 398 g/mol. The molecule has 3 atom stereocenters. The summed E-state index contributed by atoms with van der Waals surface area (Å²) < 4.78 is 10.4. The number of carboxylic acid groups (broad SMARTS) is 1. The highest BCUT2D eigenvalue weighted by molar-refractivity contribution is 8.03. The van der Waals surface area contributed by atoms with Crippen molar-refractivity contribution in [1.82, 2.24) is 10.2 Å². The zero-order valence-corrected chi connectivity index (χ0v) is 15.8. The molecule has 2 amide bonds. The van der Waals surface area contributed by atoms with Gasteiger partial charge in [-0.15, -0.1) is 23.1 Å². The number of fused-ring (bicyclic) bond motifs is 1. The minimum atomic E-state index is -1.57. The van der Waals surface area contributed by atoms with Crippen molar-refractivity contribution in [2.75, 3.05) is 20.8 Å². The second kappa shape index (κ2) is 7.39. The van der Waals surface area contributed by atoms with E-state index in [4.69, 9.17) is 9.47 Å². The molecule has 1 aromatic rings. The number of amides is 2. The molecule has 10 heteroatoms. The maximum absolute atomic E-state index is 12.8. The molecule has 0 spiro atoms. The summed E-state index contributed by atoms with van der Waals surface area (Å²) in [6, 6.07) is 2.53. The number of methoxy groups -OCH3 is 2. The van der Waals surface area contributed by atoms with E-state index in [1.165, 1.54) is 42.2 Å². The summed E-state index contributed by atoms with van der Waals surface area (Å²) >= 11 is 2.67. The van der Waals surface area contributed by atoms with Gasteiger partial charge in [0.15, 0.2) is 6.04 Å². The summed E-state index contributed by atoms with van der Waals surface area (Å²) in [5.74, 6) is -2.09. The highest BCUT2D eigenvalue weighted by atomic mass is 32.2. The van der Waals surface area contributed by atoms with Crippen LogP contribution < -0.4 is 5.32 Å². The minimum Gasteiger partial charge on any atom is -0.479 e. The Kier molecular flexibility index (Phi) is 5.37. The Morgan fingerprint density at radius 2 is 2.19 bits per heavy atom. The summed E-state index contributed by atoms with van der Waals surface area (Å²) in [7, 11) is 2.78. The topological polar surface area (TPSA) is 105 Å². The Morgan fingerprint density at radius 1 is 1.42 bits per heavy atom. The molecule has 0 aromatic carbocycles. The van der Waals surface area contributed by atoms with Crippen LogP contribution >= 0.6 is 23.1 Å². The lowest BCUT2D eigenvalue weighted by atomic mass is 9.94. The number of carboxylic acids is 1. The molecule has 0 radical (unpaired) electrons. The summed E-state index contributed by atoms with van der Waals surface area (Å²) in [5, 5.41) is 15.1. The molecule has 1 aromatic heterocycles. The van der Waals surface area contributed by atoms with E-state index in [1.54, 1.807) is 5.41 Å². The van der Waals surface area contributed by atoms with Gasteiger partial charge in [-0.2, -0.15) is 0 Å². The van der Waals surface area contributed by atoms with Crippen molar-refractivity contribution in [1.29, 1.82) is 0 Å². The first kappa shape index (κ1) is 18.9. The van der Waals surface area contributed by atoms with Crippen LogP contribution in [0.5, 0.6) is 0 Å². The third-order valence-electron chi connectivity index (χ3n) is 4.24. The maximum atomic E-state index is 12.8. The molecule has 1 saturated heterocycles. The summed E-state index contributed by atoms with van der Waals surface area (Å²) in [6.07, 6.45) is 0.126. The van der Waals surface area contributed by atoms with Gasteiger partial charge < -0.3 is 24.8 Å². The normalized spacial score (nSPS) is 27.4. The van der Waals surface area contributed by atoms with Gasteiger partial charge in [-0.3, -0.25) is 9.59 Å². The first-order chi connectivity index (χ1) is 12.4. The molecular weight excluding hydrogens is 380 g/mol. The molecule has 2 N–H and O–H groups in total. The van der Waals surface area contributed by atoms with Gasteiger partial charge in [-0.05, 0) is 22.4 Å². The van der Waals surface area contributed by atoms with Gasteiger partial charge in [-0.25, -0.2) is 4.79 Å². The van der Waals surface area contributed by atoms with E-state index in [1.807, 2.05) is 17.5 Å². The molecule has 0 bridgehead atoms. The first-order valence-corrected chi connectivity index (χ1v) is 9.54. The standard InChI is InChI=1S/C16H18N2O6S2/c1-23-7-9-8-26-15-16(24-2,14(22)18(15)12(9)13(20)21)17-11(19)6-10-4-3-5-25-10/h3-5,8,12,15H,6-7H2,1-2H3,(H,17,19)(H,20,21)/t12?,15-,16?/m1/s1. The number of nitrogens with zero attached hydrogens (tertiary/aromatic N) is 1. The summed E-state index contributed by atoms with van der Waals surface area (Å²) in [5.41, 5.74) is -1.09. The fourth-order valence-electron chi connectivity index (χ4n) is 3.08. The van der Waals surface area contributed by atoms with Crippen LogP contribution in [0.25, 0.3) is 0 Å². The lowest BCUT2D eigenvalue weighted by Gasteiger charge is -2.57. The van der Waals surface area contributed by atoms with E-state index in [0.29, 0.717) is 5.57 Å². The molecule has 3 heterocycles. The highest BCUT2D eigenvalue weighted by Gasteiger charge is 2.67. The quantitative estimate of drug-likeness (QED) is 0.513. The van der Waals surface area contributed by atoms with Crippen LogP contribution in [-0.2, 0) is 30.3 Å². The van der Waals surface area contributed by atoms with Gasteiger partial charge in [0, 0.05) is 19.1 Å². The zero-order chi connectivity index (χ0) is 18.9. The van der Waals surface area contributed by atoms with Crippen molar-refractivity contribution in [3.05, 3.63) is 33.4 Å². The third-order valence-corrected chi connectivity index (χ3v) is 6.37. The lowest BCUT2D eigenvalue weighted by Crippen LogP contribution is -2.83. The highest BCUT2D eigenvalue weighted by Crippen LogP contribution is 2.46. The number of nitrogens with one attached hydrogen (secondary N) is 1. The Hall–Kier alpha value is -1.88. The Labute approximate surface area is 158 Å². The molecule has 0 aliphatic carbocycles. The summed E-state index contributed by atoms with van der Waals surface area (Å²) in [6.45, 7) is 0.102. The van der Waals surface area contributed by atoms with Gasteiger partial charge >= 0.3 is 5.97 Å². The Balaban J connectivity index is 1.81. The van der Waals surface area contributed by atoms with Crippen LogP contribution in [0, 0.1) is 0 Å². The maximum Gasteiger partial charge on any atom is 0.330 e. The molecule has 2 aliphatic rings. The number of rotatable bonds is 7. The van der Waals surface area contributed by atoms with E-state index in [-0.39, 0.29) is 18.9 Å². The van der Waals surface area contributed by atoms with Gasteiger partial charge in [0.1, 0.15) is 5.37 Å². The van der Waals surface area contributed by atoms with Gasteiger partial charge in [0.25, 0.3) is 11.6 Å². The zero-order valence-electron chi connectivity index (χ0n) is 14.1. The number of hydrogen-bond acceptors (Lipinski definition) is 7. The van der Waals surface area contributed by atoms with Crippen molar-refractivity contribution in [3.8, 4) is 0 Å². The van der Waals surface area contributed by atoms with E-state index < -0.39 is 29.0 Å². The van der Waals surface area contributed by atoms with E-state index in [2.05, 4.69) is 5.32 Å². The van der Waals surface area contributed by atoms with Crippen molar-refractivity contribution in [3.63, 3.8) is 0 Å². The van der Waals surface area contributed by atoms with Crippen molar-refractivity contribution >= 4 is 40.9 Å². The van der Waals surface area contributed by atoms with Crippen molar-refractivity contribution in [2.24, 2.45) is 0 Å². The number of carbonyl (C=O) groups excluding carboxylic acids is 2. The number of β-lactam (4-membered cyclic amide) rings is 1. The molecule has 8 nitrogen and oxygen atoms in total. The van der Waals surface area contributed by atoms with Crippen molar-refractivity contribution < 1.29 is 29.0 Å². The van der Waals surface area contributed by atoms with E-state index >= 15 is 0 Å². The van der Waals surface area contributed by atoms with Crippen LogP contribution in [0.4, 0.5) is 0 Å². The number of aliphatic carboxylic acids is 1. The third kappa shape index (κ3) is 3.02. The Bertz CT molecular complexity index is 750. The second-order valence-corrected chi connectivity index (χ2v) is 7.80. The SMILES string of the molecule is COCC1=CS[C@H]2N(C(=O)C2(NC(=O)Cc2cccs2)OC)C1C(=O)O. The van der Waals surface area contributed by atoms with Crippen molar-refractivity contribution in [2.45, 2.75) is 23.6 Å². The second-order valence-electron chi connectivity index (χ2n) is 5.81. The molecule has 1 fully saturated rings. The monoisotopic (exact) mass is 398 g/mol. The fraction of sp³-hybridized carbons (Fsp3) is 0.438. The van der Waals surface area contributed by atoms with Crippen LogP contribution in [-0.4, -0.2) is 65.8 Å². The predicted molar refractivity (Wildman–Crippen MR) is 95.5 cm³/mol. The Morgan fingerprint density at radius 3 is 2.77 bits per heavy atom. The number of thioether (sulfide) groups is 1. The minimum absolute atomic E-state index is 0.102. The smallest absolute Gasteiger partial charge is 0.330 e. The molecule has 2 aliphatic heterocycles. The van der Waals surface area contributed by atoms with E-state index in [0.717, 1.165) is 4.88 Å². The molecular formula is C16H18N2O6S2.